The molecule has 5 nitrogen and oxygen atoms in total. The minimum Gasteiger partial charge on any atom is -0.492 e. The Hall–Kier alpha value is -2.56. The lowest BCUT2D eigenvalue weighted by Gasteiger charge is -2.10. The summed E-state index contributed by atoms with van der Waals surface area (Å²) >= 11 is 0. The van der Waals surface area contributed by atoms with Gasteiger partial charge in [-0.3, -0.25) is 9.67 Å². The number of rotatable bonds is 3. The molecule has 0 atom stereocenters. The number of ether oxygens (including phenoxy) is 1. The maximum absolute atomic E-state index is 6.07. The fraction of sp³-hybridized carbons (Fsp3) is 0.200. The van der Waals surface area contributed by atoms with Crippen LogP contribution in [0.2, 0.25) is 0 Å². The largest absolute Gasteiger partial charge is 0.492 e. The van der Waals surface area contributed by atoms with E-state index in [0.717, 1.165) is 27.8 Å². The van der Waals surface area contributed by atoms with Crippen molar-refractivity contribution in [1.82, 2.24) is 14.8 Å². The molecule has 5 heteroatoms. The number of nitrogens with zero attached hydrogens (tertiary/aromatic N) is 3. The Morgan fingerprint density at radius 3 is 2.80 bits per heavy atom. The van der Waals surface area contributed by atoms with Crippen LogP contribution in [0.1, 0.15) is 6.92 Å². The molecule has 0 unspecified atom stereocenters. The van der Waals surface area contributed by atoms with Crippen LogP contribution in [0, 0.1) is 0 Å². The van der Waals surface area contributed by atoms with Gasteiger partial charge in [-0.05, 0) is 30.7 Å². The Bertz CT molecular complexity index is 764. The van der Waals surface area contributed by atoms with Crippen LogP contribution in [0.15, 0.2) is 36.7 Å². The van der Waals surface area contributed by atoms with Gasteiger partial charge in [0.15, 0.2) is 0 Å². The van der Waals surface area contributed by atoms with E-state index < -0.39 is 0 Å². The van der Waals surface area contributed by atoms with Crippen LogP contribution in [0.5, 0.6) is 5.75 Å². The Balaban J connectivity index is 2.28. The highest BCUT2D eigenvalue weighted by Gasteiger charge is 2.13. The van der Waals surface area contributed by atoms with E-state index in [2.05, 4.69) is 10.1 Å². The Morgan fingerprint density at radius 1 is 1.25 bits per heavy atom. The molecule has 0 aliphatic rings. The van der Waals surface area contributed by atoms with Crippen molar-refractivity contribution in [2.45, 2.75) is 6.92 Å². The number of hydrogen-bond acceptors (Lipinski definition) is 4. The van der Waals surface area contributed by atoms with Crippen molar-refractivity contribution in [1.29, 1.82) is 0 Å². The molecule has 20 heavy (non-hydrogen) atoms. The van der Waals surface area contributed by atoms with E-state index >= 15 is 0 Å². The molecular weight excluding hydrogens is 252 g/mol. The van der Waals surface area contributed by atoms with E-state index in [1.807, 2.05) is 38.2 Å². The molecule has 2 N–H and O–H groups in total. The molecule has 102 valence electrons. The average Bonchev–Trinajstić information content (AvgIpc) is 2.80. The molecule has 3 rings (SSSR count). The van der Waals surface area contributed by atoms with Crippen LogP contribution in [0.3, 0.4) is 0 Å². The molecule has 1 aromatic carbocycles. The maximum atomic E-state index is 6.07. The van der Waals surface area contributed by atoms with Crippen LogP contribution in [-0.2, 0) is 7.05 Å². The molecule has 0 spiro atoms. The number of hydrogen-bond donors (Lipinski definition) is 1. The van der Waals surface area contributed by atoms with Gasteiger partial charge in [0.25, 0.3) is 0 Å². The first-order chi connectivity index (χ1) is 9.72. The molecule has 0 aliphatic carbocycles. The molecule has 0 saturated heterocycles. The molecule has 0 bridgehead atoms. The molecule has 0 radical (unpaired) electrons. The summed E-state index contributed by atoms with van der Waals surface area (Å²) in [6.07, 6.45) is 3.54. The van der Waals surface area contributed by atoms with Gasteiger partial charge in [-0.2, -0.15) is 5.10 Å². The molecule has 0 fully saturated rings. The molecule has 0 amide bonds. The second-order valence-electron chi connectivity index (χ2n) is 4.51. The normalized spacial score (nSPS) is 10.9. The summed E-state index contributed by atoms with van der Waals surface area (Å²) < 4.78 is 7.29. The summed E-state index contributed by atoms with van der Waals surface area (Å²) in [5, 5.41) is 5.21. The zero-order valence-electron chi connectivity index (χ0n) is 11.5. The van der Waals surface area contributed by atoms with Gasteiger partial charge in [0.1, 0.15) is 17.1 Å². The van der Waals surface area contributed by atoms with E-state index in [0.29, 0.717) is 12.4 Å². The van der Waals surface area contributed by atoms with Gasteiger partial charge in [0.2, 0.25) is 0 Å². The highest BCUT2D eigenvalue weighted by molar-refractivity contribution is 5.99. The van der Waals surface area contributed by atoms with E-state index in [-0.39, 0.29) is 0 Å². The minimum absolute atomic E-state index is 0.611. The van der Waals surface area contributed by atoms with Gasteiger partial charge in [0.05, 0.1) is 12.8 Å². The van der Waals surface area contributed by atoms with E-state index in [9.17, 15) is 0 Å². The van der Waals surface area contributed by atoms with Gasteiger partial charge in [-0.15, -0.1) is 0 Å². The SMILES string of the molecule is CCOc1ccc(-c2cnn(C)c2N)c2cccnc12. The molecule has 3 aromatic rings. The lowest BCUT2D eigenvalue weighted by molar-refractivity contribution is 0.343. The van der Waals surface area contributed by atoms with E-state index in [4.69, 9.17) is 10.5 Å². The van der Waals surface area contributed by atoms with Gasteiger partial charge in [0, 0.05) is 24.2 Å². The number of nitrogen functional groups attached to an aromatic ring is 1. The van der Waals surface area contributed by atoms with E-state index in [1.165, 1.54) is 0 Å². The second-order valence-corrected chi connectivity index (χ2v) is 4.51. The highest BCUT2D eigenvalue weighted by Crippen LogP contribution is 2.35. The Morgan fingerprint density at radius 2 is 2.10 bits per heavy atom. The minimum atomic E-state index is 0.611. The van der Waals surface area contributed by atoms with Crippen LogP contribution in [0.25, 0.3) is 22.0 Å². The third kappa shape index (κ3) is 1.87. The van der Waals surface area contributed by atoms with Gasteiger partial charge in [-0.1, -0.05) is 6.07 Å². The fourth-order valence-corrected chi connectivity index (χ4v) is 2.31. The first kappa shape index (κ1) is 12.5. The second kappa shape index (κ2) is 4.85. The third-order valence-corrected chi connectivity index (χ3v) is 3.31. The number of aryl methyl sites for hydroxylation is 1. The zero-order chi connectivity index (χ0) is 14.1. The predicted octanol–water partition coefficient (Wildman–Crippen LogP) is 2.62. The van der Waals surface area contributed by atoms with Crippen molar-refractivity contribution in [3.05, 3.63) is 36.7 Å². The van der Waals surface area contributed by atoms with Crippen LogP contribution < -0.4 is 10.5 Å². The summed E-state index contributed by atoms with van der Waals surface area (Å²) in [6, 6.07) is 7.86. The Labute approximate surface area is 117 Å². The number of benzene rings is 1. The number of fused-ring (bicyclic) bond motifs is 1. The van der Waals surface area contributed by atoms with E-state index in [1.54, 1.807) is 17.1 Å². The van der Waals surface area contributed by atoms with Gasteiger partial charge >= 0.3 is 0 Å². The fourth-order valence-electron chi connectivity index (χ4n) is 2.31. The van der Waals surface area contributed by atoms with Crippen molar-refractivity contribution in [2.75, 3.05) is 12.3 Å². The average molecular weight is 268 g/mol. The predicted molar refractivity (Wildman–Crippen MR) is 79.5 cm³/mol. The highest BCUT2D eigenvalue weighted by atomic mass is 16.5. The zero-order valence-corrected chi connectivity index (χ0v) is 11.5. The molecular formula is C15H16N4O. The first-order valence-corrected chi connectivity index (χ1v) is 6.50. The lowest BCUT2D eigenvalue weighted by atomic mass is 10.0. The molecule has 2 heterocycles. The first-order valence-electron chi connectivity index (χ1n) is 6.50. The van der Waals surface area contributed by atoms with Crippen molar-refractivity contribution in [3.8, 4) is 16.9 Å². The quantitative estimate of drug-likeness (QED) is 0.793. The molecule has 2 aromatic heterocycles. The monoisotopic (exact) mass is 268 g/mol. The van der Waals surface area contributed by atoms with Gasteiger partial charge in [-0.25, -0.2) is 0 Å². The number of pyridine rings is 1. The molecule has 0 aliphatic heterocycles. The maximum Gasteiger partial charge on any atom is 0.145 e. The van der Waals surface area contributed by atoms with Crippen molar-refractivity contribution < 1.29 is 4.74 Å². The summed E-state index contributed by atoms with van der Waals surface area (Å²) in [7, 11) is 1.83. The number of anilines is 1. The topological polar surface area (TPSA) is 66.0 Å². The van der Waals surface area contributed by atoms with Crippen LogP contribution in [-0.4, -0.2) is 21.4 Å². The van der Waals surface area contributed by atoms with Crippen molar-refractivity contribution in [3.63, 3.8) is 0 Å². The van der Waals surface area contributed by atoms with Crippen LogP contribution in [0.4, 0.5) is 5.82 Å². The van der Waals surface area contributed by atoms with Gasteiger partial charge < -0.3 is 10.5 Å². The Kier molecular flexibility index (Phi) is 3.02. The van der Waals surface area contributed by atoms with Crippen molar-refractivity contribution in [2.24, 2.45) is 7.05 Å². The molecule has 0 saturated carbocycles. The summed E-state index contributed by atoms with van der Waals surface area (Å²) in [6.45, 7) is 2.57. The summed E-state index contributed by atoms with van der Waals surface area (Å²) in [4.78, 5) is 4.43. The number of nitrogens with two attached hydrogens (primary N) is 1. The number of aromatic nitrogens is 3. The lowest BCUT2D eigenvalue weighted by Crippen LogP contribution is -1.99. The standard InChI is InChI=1S/C15H16N4O/c1-3-20-13-7-6-10(11-5-4-8-17-14(11)13)12-9-18-19(2)15(12)16/h4-9H,3,16H2,1-2H3. The summed E-state index contributed by atoms with van der Waals surface area (Å²) in [5.41, 5.74) is 8.84. The van der Waals surface area contributed by atoms with Crippen molar-refractivity contribution >= 4 is 16.7 Å². The smallest absolute Gasteiger partial charge is 0.145 e. The third-order valence-electron chi connectivity index (χ3n) is 3.31. The van der Waals surface area contributed by atoms with Crippen LogP contribution >= 0.6 is 0 Å². The summed E-state index contributed by atoms with van der Waals surface area (Å²) in [5.74, 6) is 1.42.